The third-order valence-electron chi connectivity index (χ3n) is 5.95. The number of amides is 1. The number of benzene rings is 1. The van der Waals surface area contributed by atoms with E-state index in [-0.39, 0.29) is 24.7 Å². The highest BCUT2D eigenvalue weighted by Gasteiger charge is 2.31. The highest BCUT2D eigenvalue weighted by atomic mass is 19.1. The Morgan fingerprint density at radius 2 is 1.56 bits per heavy atom. The third-order valence-corrected chi connectivity index (χ3v) is 5.95. The van der Waals surface area contributed by atoms with Gasteiger partial charge >= 0.3 is 0 Å². The van der Waals surface area contributed by atoms with Crippen LogP contribution >= 0.6 is 0 Å². The van der Waals surface area contributed by atoms with Crippen molar-refractivity contribution in [1.82, 2.24) is 15.0 Å². The number of fused-ring (bicyclic) bond motifs is 1. The molecule has 0 spiro atoms. The summed E-state index contributed by atoms with van der Waals surface area (Å²) >= 11 is 0. The Morgan fingerprint density at radius 1 is 0.844 bits per heavy atom. The fourth-order valence-corrected chi connectivity index (χ4v) is 4.32. The van der Waals surface area contributed by atoms with E-state index in [2.05, 4.69) is 24.8 Å². The van der Waals surface area contributed by atoms with Gasteiger partial charge in [0.2, 0.25) is 5.91 Å². The van der Waals surface area contributed by atoms with Gasteiger partial charge in [-0.2, -0.15) is 0 Å². The summed E-state index contributed by atoms with van der Waals surface area (Å²) in [7, 11) is 1.83. The maximum absolute atomic E-state index is 14.6. The van der Waals surface area contributed by atoms with Gasteiger partial charge in [-0.25, -0.2) is 19.3 Å². The average molecular weight is 433 g/mol. The molecule has 2 aromatic heterocycles. The fraction of sp³-hybridized carbons (Fsp3) is 0.304. The molecule has 0 atom stereocenters. The van der Waals surface area contributed by atoms with Crippen LogP contribution in [0.5, 0.6) is 0 Å². The Morgan fingerprint density at radius 3 is 2.31 bits per heavy atom. The van der Waals surface area contributed by atoms with Crippen molar-refractivity contribution in [3.05, 3.63) is 66.4 Å². The first-order valence-corrected chi connectivity index (χ1v) is 10.6. The number of carbonyl (C=O) groups is 1. The number of aromatic nitrogens is 3. The summed E-state index contributed by atoms with van der Waals surface area (Å²) in [5.41, 5.74) is 1.10. The zero-order valence-electron chi connectivity index (χ0n) is 17.9. The lowest BCUT2D eigenvalue weighted by Gasteiger charge is -2.37. The maximum atomic E-state index is 14.6. The van der Waals surface area contributed by atoms with Crippen molar-refractivity contribution in [3.63, 3.8) is 0 Å². The van der Waals surface area contributed by atoms with Crippen LogP contribution in [0.1, 0.15) is 5.56 Å². The first-order valence-electron chi connectivity index (χ1n) is 10.6. The Balaban J connectivity index is 1.45. The molecule has 164 valence electrons. The van der Waals surface area contributed by atoms with Crippen LogP contribution in [-0.2, 0) is 11.3 Å². The van der Waals surface area contributed by atoms with Gasteiger partial charge in [-0.3, -0.25) is 4.79 Å². The van der Waals surface area contributed by atoms with Crippen LogP contribution in [0.4, 0.5) is 27.5 Å². The lowest BCUT2D eigenvalue weighted by atomic mass is 10.2. The molecule has 1 fully saturated rings. The topological polar surface area (TPSA) is 68.7 Å². The molecule has 1 amide bonds. The zero-order valence-corrected chi connectivity index (χ0v) is 17.9. The number of piperazine rings is 1. The van der Waals surface area contributed by atoms with E-state index in [1.807, 2.05) is 30.1 Å². The second-order valence-corrected chi connectivity index (χ2v) is 7.95. The standard InChI is InChI=1S/C23H24FN7O/c1-28-15-21(32)31(19-7-3-2-6-18(19)24)14-17-22(28)26-16-27-23(17)30-12-10-29(11-13-30)20-8-4-5-9-25-20/h2-9,16H,10-15H2,1H3. The summed E-state index contributed by atoms with van der Waals surface area (Å²) in [6.45, 7) is 3.47. The number of para-hydroxylation sites is 1. The lowest BCUT2D eigenvalue weighted by molar-refractivity contribution is -0.117. The third kappa shape index (κ3) is 3.70. The number of carbonyl (C=O) groups excluding carboxylic acids is 1. The van der Waals surface area contributed by atoms with E-state index < -0.39 is 5.82 Å². The van der Waals surface area contributed by atoms with Crippen molar-refractivity contribution in [2.45, 2.75) is 6.54 Å². The van der Waals surface area contributed by atoms with E-state index in [1.165, 1.54) is 11.0 Å². The molecule has 32 heavy (non-hydrogen) atoms. The van der Waals surface area contributed by atoms with Crippen molar-refractivity contribution in [1.29, 1.82) is 0 Å². The van der Waals surface area contributed by atoms with Crippen LogP contribution in [0.25, 0.3) is 0 Å². The summed E-state index contributed by atoms with van der Waals surface area (Å²) in [6.07, 6.45) is 3.34. The van der Waals surface area contributed by atoms with Crippen molar-refractivity contribution < 1.29 is 9.18 Å². The summed E-state index contributed by atoms with van der Waals surface area (Å²) in [5, 5.41) is 0. The van der Waals surface area contributed by atoms with E-state index in [1.54, 1.807) is 30.7 Å². The fourth-order valence-electron chi connectivity index (χ4n) is 4.32. The van der Waals surface area contributed by atoms with Crippen LogP contribution < -0.4 is 19.6 Å². The molecule has 0 unspecified atom stereocenters. The molecule has 0 saturated carbocycles. The van der Waals surface area contributed by atoms with Gasteiger partial charge < -0.3 is 19.6 Å². The van der Waals surface area contributed by atoms with Gasteiger partial charge in [-0.1, -0.05) is 18.2 Å². The molecule has 2 aliphatic rings. The van der Waals surface area contributed by atoms with Crippen molar-refractivity contribution >= 4 is 29.0 Å². The number of halogens is 1. The minimum absolute atomic E-state index is 0.116. The zero-order chi connectivity index (χ0) is 22.1. The summed E-state index contributed by atoms with van der Waals surface area (Å²) in [5.74, 6) is 1.86. The molecule has 9 heteroatoms. The van der Waals surface area contributed by atoms with Gasteiger partial charge in [0.05, 0.1) is 24.3 Å². The van der Waals surface area contributed by atoms with Crippen molar-refractivity contribution in [2.24, 2.45) is 0 Å². The number of anilines is 4. The molecule has 1 saturated heterocycles. The van der Waals surface area contributed by atoms with E-state index in [9.17, 15) is 9.18 Å². The van der Waals surface area contributed by atoms with Crippen LogP contribution in [0, 0.1) is 5.82 Å². The van der Waals surface area contributed by atoms with Crippen molar-refractivity contribution in [2.75, 3.05) is 59.4 Å². The number of likely N-dealkylation sites (N-methyl/N-ethyl adjacent to an activating group) is 1. The molecule has 8 nitrogen and oxygen atoms in total. The smallest absolute Gasteiger partial charge is 0.246 e. The van der Waals surface area contributed by atoms with Gasteiger partial charge in [0.1, 0.15) is 29.6 Å². The number of rotatable bonds is 3. The predicted molar refractivity (Wildman–Crippen MR) is 122 cm³/mol. The minimum atomic E-state index is -0.422. The first kappa shape index (κ1) is 20.2. The number of hydrogen-bond acceptors (Lipinski definition) is 7. The number of pyridine rings is 1. The predicted octanol–water partition coefficient (Wildman–Crippen LogP) is 2.32. The van der Waals surface area contributed by atoms with Crippen LogP contribution in [0.15, 0.2) is 55.0 Å². The Kier molecular flexibility index (Phi) is 5.30. The second-order valence-electron chi connectivity index (χ2n) is 7.95. The normalized spacial score (nSPS) is 16.8. The SMILES string of the molecule is CN1CC(=O)N(c2ccccc2F)Cc2c1ncnc2N1CCN(c2ccccn2)CC1. The van der Waals surface area contributed by atoms with E-state index in [4.69, 9.17) is 0 Å². The highest BCUT2D eigenvalue weighted by Crippen LogP contribution is 2.33. The van der Waals surface area contributed by atoms with Crippen LogP contribution in [0.2, 0.25) is 0 Å². The number of hydrogen-bond donors (Lipinski definition) is 0. The molecule has 1 aromatic carbocycles. The molecule has 0 N–H and O–H groups in total. The average Bonchev–Trinajstić information content (AvgIpc) is 2.96. The second kappa shape index (κ2) is 8.41. The van der Waals surface area contributed by atoms with Gasteiger partial charge in [-0.05, 0) is 24.3 Å². The Hall–Kier alpha value is -3.75. The summed E-state index contributed by atoms with van der Waals surface area (Å²) in [6, 6.07) is 12.3. The summed E-state index contributed by atoms with van der Waals surface area (Å²) in [4.78, 5) is 34.2. The van der Waals surface area contributed by atoms with E-state index in [0.29, 0.717) is 5.82 Å². The minimum Gasteiger partial charge on any atom is -0.353 e. The highest BCUT2D eigenvalue weighted by molar-refractivity contribution is 5.98. The molecule has 0 aliphatic carbocycles. The Labute approximate surface area is 185 Å². The molecule has 5 rings (SSSR count). The molecule has 2 aliphatic heterocycles. The van der Waals surface area contributed by atoms with Gasteiger partial charge in [-0.15, -0.1) is 0 Å². The van der Waals surface area contributed by atoms with Gasteiger partial charge in [0.15, 0.2) is 0 Å². The Bertz CT molecular complexity index is 1120. The van der Waals surface area contributed by atoms with E-state index >= 15 is 0 Å². The molecule has 0 radical (unpaired) electrons. The number of nitrogens with zero attached hydrogens (tertiary/aromatic N) is 7. The molecular weight excluding hydrogens is 409 g/mol. The largest absolute Gasteiger partial charge is 0.353 e. The van der Waals surface area contributed by atoms with Crippen LogP contribution in [0.3, 0.4) is 0 Å². The first-order chi connectivity index (χ1) is 15.6. The monoisotopic (exact) mass is 433 g/mol. The quantitative estimate of drug-likeness (QED) is 0.628. The van der Waals surface area contributed by atoms with E-state index in [0.717, 1.165) is 43.4 Å². The maximum Gasteiger partial charge on any atom is 0.246 e. The van der Waals surface area contributed by atoms with Gasteiger partial charge in [0, 0.05) is 39.4 Å². The van der Waals surface area contributed by atoms with Gasteiger partial charge in [0.25, 0.3) is 0 Å². The molecule has 3 aromatic rings. The lowest BCUT2D eigenvalue weighted by Crippen LogP contribution is -2.47. The molecule has 0 bridgehead atoms. The van der Waals surface area contributed by atoms with Crippen molar-refractivity contribution in [3.8, 4) is 0 Å². The molecule has 4 heterocycles. The molecular formula is C23H24FN7O. The summed E-state index contributed by atoms with van der Waals surface area (Å²) < 4.78 is 14.6. The van der Waals surface area contributed by atoms with Crippen LogP contribution in [-0.4, -0.2) is 60.6 Å².